The van der Waals surface area contributed by atoms with Crippen LogP contribution in [-0.2, 0) is 16.1 Å². The van der Waals surface area contributed by atoms with E-state index >= 15 is 0 Å². The third-order valence-corrected chi connectivity index (χ3v) is 5.80. The number of nitrogens with zero attached hydrogens (tertiary/aromatic N) is 1. The summed E-state index contributed by atoms with van der Waals surface area (Å²) in [6.45, 7) is 2.15. The van der Waals surface area contributed by atoms with Crippen LogP contribution in [0, 0.1) is 6.92 Å². The van der Waals surface area contributed by atoms with E-state index < -0.39 is 5.97 Å². The molecule has 0 unspecified atom stereocenters. The van der Waals surface area contributed by atoms with Crippen LogP contribution in [-0.4, -0.2) is 30.4 Å². The molecule has 0 atom stereocenters. The van der Waals surface area contributed by atoms with Gasteiger partial charge in [0.15, 0.2) is 6.61 Å². The average molecular weight is 388 g/mol. The minimum Gasteiger partial charge on any atom is -0.451 e. The number of hydrogen-bond acceptors (Lipinski definition) is 4. The Kier molecular flexibility index (Phi) is 5.59. The number of fused-ring (bicyclic) bond motifs is 1. The van der Waals surface area contributed by atoms with Gasteiger partial charge >= 0.3 is 5.97 Å². The molecule has 1 amide bonds. The number of ether oxygens (including phenoxy) is 1. The molecule has 2 aromatic carbocycles. The number of thiophene rings is 1. The van der Waals surface area contributed by atoms with E-state index in [9.17, 15) is 9.59 Å². The zero-order valence-corrected chi connectivity index (χ0v) is 16.1. The minimum atomic E-state index is -0.575. The van der Waals surface area contributed by atoms with Gasteiger partial charge in [0.05, 0.1) is 5.02 Å². The van der Waals surface area contributed by atoms with Gasteiger partial charge in [0.25, 0.3) is 5.91 Å². The topological polar surface area (TPSA) is 46.6 Å². The van der Waals surface area contributed by atoms with E-state index in [1.807, 2.05) is 55.5 Å². The molecule has 6 heteroatoms. The molecule has 26 heavy (non-hydrogen) atoms. The van der Waals surface area contributed by atoms with Crippen molar-refractivity contribution in [3.8, 4) is 0 Å². The van der Waals surface area contributed by atoms with Crippen LogP contribution in [0.15, 0.2) is 48.5 Å². The summed E-state index contributed by atoms with van der Waals surface area (Å²) in [5.41, 5.74) is 2.17. The van der Waals surface area contributed by atoms with Gasteiger partial charge in [-0.05, 0) is 24.1 Å². The maximum atomic E-state index is 12.3. The van der Waals surface area contributed by atoms with E-state index in [2.05, 4.69) is 0 Å². The van der Waals surface area contributed by atoms with Crippen molar-refractivity contribution in [1.82, 2.24) is 4.90 Å². The van der Waals surface area contributed by atoms with Gasteiger partial charge in [-0.3, -0.25) is 4.79 Å². The second kappa shape index (κ2) is 7.89. The summed E-state index contributed by atoms with van der Waals surface area (Å²) in [6, 6.07) is 15.4. The highest BCUT2D eigenvalue weighted by Crippen LogP contribution is 2.35. The Morgan fingerprint density at radius 2 is 1.81 bits per heavy atom. The zero-order chi connectivity index (χ0) is 18.7. The van der Waals surface area contributed by atoms with Gasteiger partial charge in [0, 0.05) is 23.7 Å². The second-order valence-corrected chi connectivity index (χ2v) is 7.42. The van der Waals surface area contributed by atoms with E-state index in [0.29, 0.717) is 16.4 Å². The van der Waals surface area contributed by atoms with Gasteiger partial charge in [-0.15, -0.1) is 11.3 Å². The average Bonchev–Trinajstić information content (AvgIpc) is 2.98. The Morgan fingerprint density at radius 1 is 1.12 bits per heavy atom. The van der Waals surface area contributed by atoms with Crippen molar-refractivity contribution in [2.45, 2.75) is 13.5 Å². The summed E-state index contributed by atoms with van der Waals surface area (Å²) < 4.78 is 6.09. The van der Waals surface area contributed by atoms with Crippen LogP contribution in [0.3, 0.4) is 0 Å². The lowest BCUT2D eigenvalue weighted by atomic mass is 10.1. The quantitative estimate of drug-likeness (QED) is 0.597. The van der Waals surface area contributed by atoms with Crippen LogP contribution >= 0.6 is 22.9 Å². The Morgan fingerprint density at radius 3 is 2.54 bits per heavy atom. The number of halogens is 1. The van der Waals surface area contributed by atoms with Gasteiger partial charge in [-0.1, -0.05) is 54.1 Å². The molecule has 0 fully saturated rings. The van der Waals surface area contributed by atoms with Crippen molar-refractivity contribution < 1.29 is 14.3 Å². The number of rotatable bonds is 5. The molecule has 1 heterocycles. The van der Waals surface area contributed by atoms with Gasteiger partial charge in [-0.2, -0.15) is 0 Å². The van der Waals surface area contributed by atoms with Crippen molar-refractivity contribution in [1.29, 1.82) is 0 Å². The van der Waals surface area contributed by atoms with E-state index in [1.165, 1.54) is 11.3 Å². The van der Waals surface area contributed by atoms with Crippen LogP contribution in [0.5, 0.6) is 0 Å². The van der Waals surface area contributed by atoms with Crippen LogP contribution in [0.1, 0.15) is 20.8 Å². The SMILES string of the molecule is Cc1ccccc1CN(C)C(=O)COC(=O)c1sc2ccccc2c1Cl. The van der Waals surface area contributed by atoms with Gasteiger partial charge in [-0.25, -0.2) is 4.79 Å². The third kappa shape index (κ3) is 3.89. The van der Waals surface area contributed by atoms with Crippen LogP contribution in [0.25, 0.3) is 10.1 Å². The van der Waals surface area contributed by atoms with Gasteiger partial charge in [0.1, 0.15) is 4.88 Å². The fourth-order valence-corrected chi connectivity index (χ4v) is 3.98. The summed E-state index contributed by atoms with van der Waals surface area (Å²) >= 11 is 7.53. The number of likely N-dealkylation sites (N-methyl/N-ethyl adjacent to an activating group) is 1. The predicted molar refractivity (Wildman–Crippen MR) is 105 cm³/mol. The Balaban J connectivity index is 1.62. The van der Waals surface area contributed by atoms with E-state index in [0.717, 1.165) is 21.2 Å². The molecular formula is C20H18ClNO3S. The van der Waals surface area contributed by atoms with Gasteiger partial charge < -0.3 is 9.64 Å². The fourth-order valence-electron chi connectivity index (χ4n) is 2.58. The van der Waals surface area contributed by atoms with E-state index in [-0.39, 0.29) is 12.5 Å². The number of esters is 1. The normalized spacial score (nSPS) is 10.7. The molecule has 1 aromatic heterocycles. The van der Waals surface area contributed by atoms with Crippen molar-refractivity contribution in [2.75, 3.05) is 13.7 Å². The molecular weight excluding hydrogens is 370 g/mol. The largest absolute Gasteiger partial charge is 0.451 e. The molecule has 0 saturated carbocycles. The first-order valence-corrected chi connectivity index (χ1v) is 9.29. The highest BCUT2D eigenvalue weighted by molar-refractivity contribution is 7.21. The number of carbonyl (C=O) groups is 2. The molecule has 0 bridgehead atoms. The first-order chi connectivity index (χ1) is 12.5. The first-order valence-electron chi connectivity index (χ1n) is 8.10. The molecule has 0 saturated heterocycles. The van der Waals surface area contributed by atoms with E-state index in [1.54, 1.807) is 11.9 Å². The molecule has 4 nitrogen and oxygen atoms in total. The standard InChI is InChI=1S/C20H18ClNO3S/c1-13-7-3-4-8-14(13)11-22(2)17(23)12-25-20(24)19-18(21)15-9-5-6-10-16(15)26-19/h3-10H,11-12H2,1-2H3. The Labute approximate surface area is 160 Å². The molecule has 134 valence electrons. The number of hydrogen-bond donors (Lipinski definition) is 0. The van der Waals surface area contributed by atoms with Crippen molar-refractivity contribution in [3.05, 3.63) is 69.6 Å². The highest BCUT2D eigenvalue weighted by Gasteiger charge is 2.20. The summed E-state index contributed by atoms with van der Waals surface area (Å²) in [4.78, 5) is 26.4. The second-order valence-electron chi connectivity index (χ2n) is 5.99. The van der Waals surface area contributed by atoms with Crippen molar-refractivity contribution in [2.24, 2.45) is 0 Å². The first kappa shape index (κ1) is 18.4. The summed E-state index contributed by atoms with van der Waals surface area (Å²) in [6.07, 6.45) is 0. The third-order valence-electron chi connectivity index (χ3n) is 4.14. The number of amides is 1. The smallest absolute Gasteiger partial charge is 0.350 e. The molecule has 0 aliphatic carbocycles. The lowest BCUT2D eigenvalue weighted by Crippen LogP contribution is -2.31. The molecule has 0 radical (unpaired) electrons. The summed E-state index contributed by atoms with van der Waals surface area (Å²) in [7, 11) is 1.69. The number of aryl methyl sites for hydroxylation is 1. The number of carbonyl (C=O) groups excluding carboxylic acids is 2. The summed E-state index contributed by atoms with van der Waals surface area (Å²) in [5, 5.41) is 1.19. The van der Waals surface area contributed by atoms with E-state index in [4.69, 9.17) is 16.3 Å². The van der Waals surface area contributed by atoms with Crippen LogP contribution < -0.4 is 0 Å². The predicted octanol–water partition coefficient (Wildman–Crippen LogP) is 4.68. The van der Waals surface area contributed by atoms with Crippen LogP contribution in [0.4, 0.5) is 0 Å². The molecule has 3 rings (SSSR count). The van der Waals surface area contributed by atoms with Gasteiger partial charge in [0.2, 0.25) is 0 Å². The lowest BCUT2D eigenvalue weighted by molar-refractivity contribution is -0.133. The van der Waals surface area contributed by atoms with Crippen molar-refractivity contribution >= 4 is 44.9 Å². The van der Waals surface area contributed by atoms with Crippen LogP contribution in [0.2, 0.25) is 5.02 Å². The molecule has 0 aliphatic heterocycles. The molecule has 0 aliphatic rings. The minimum absolute atomic E-state index is 0.265. The number of benzene rings is 2. The summed E-state index contributed by atoms with van der Waals surface area (Å²) in [5.74, 6) is -0.840. The Hall–Kier alpha value is -2.37. The maximum absolute atomic E-state index is 12.3. The fraction of sp³-hybridized carbons (Fsp3) is 0.200. The highest BCUT2D eigenvalue weighted by atomic mass is 35.5. The van der Waals surface area contributed by atoms with Crippen molar-refractivity contribution in [3.63, 3.8) is 0 Å². The monoisotopic (exact) mass is 387 g/mol. The molecule has 0 spiro atoms. The molecule has 3 aromatic rings. The Bertz CT molecular complexity index is 967. The maximum Gasteiger partial charge on any atom is 0.350 e. The molecule has 0 N–H and O–H groups in total. The lowest BCUT2D eigenvalue weighted by Gasteiger charge is -2.18. The zero-order valence-electron chi connectivity index (χ0n) is 14.5.